The number of carbonyl (C=O) groups is 2. The second-order valence-electron chi connectivity index (χ2n) is 5.75. The number of alkyl carbamates (subject to hydrolysis) is 1. The van der Waals surface area contributed by atoms with Gasteiger partial charge >= 0.3 is 6.09 Å². The first-order valence-electron chi connectivity index (χ1n) is 7.09. The summed E-state index contributed by atoms with van der Waals surface area (Å²) in [6.45, 7) is 7.08. The van der Waals surface area contributed by atoms with Crippen LogP contribution in [0.5, 0.6) is 0 Å². The summed E-state index contributed by atoms with van der Waals surface area (Å²) in [4.78, 5) is 23.4. The highest BCUT2D eigenvalue weighted by Gasteiger charge is 2.20. The predicted molar refractivity (Wildman–Crippen MR) is 85.2 cm³/mol. The minimum absolute atomic E-state index is 0.216. The fourth-order valence-corrected chi connectivity index (χ4v) is 1.50. The van der Waals surface area contributed by atoms with Crippen LogP contribution in [0.25, 0.3) is 0 Å². The number of carbonyl (C=O) groups excluding carboxylic acids is 2. The molecule has 0 unspecified atom stereocenters. The Morgan fingerprint density at radius 3 is 2.45 bits per heavy atom. The maximum atomic E-state index is 11.8. The van der Waals surface area contributed by atoms with Crippen LogP contribution < -0.4 is 10.6 Å². The molecule has 0 saturated carbocycles. The van der Waals surface area contributed by atoms with E-state index >= 15 is 0 Å². The van der Waals surface area contributed by atoms with Crippen LogP contribution in [0.15, 0.2) is 30.3 Å². The van der Waals surface area contributed by atoms with Crippen LogP contribution in [0.4, 0.5) is 4.79 Å². The summed E-state index contributed by atoms with van der Waals surface area (Å²) < 4.78 is 5.08. The molecule has 5 nitrogen and oxygen atoms in total. The molecule has 0 spiro atoms. The van der Waals surface area contributed by atoms with Crippen LogP contribution in [-0.2, 0) is 9.53 Å². The predicted octanol–water partition coefficient (Wildman–Crippen LogP) is 2.07. The minimum atomic E-state index is -0.687. The number of benzene rings is 1. The van der Waals surface area contributed by atoms with E-state index in [4.69, 9.17) is 4.74 Å². The van der Waals surface area contributed by atoms with Crippen LogP contribution in [0.2, 0.25) is 0 Å². The van der Waals surface area contributed by atoms with Gasteiger partial charge in [0.15, 0.2) is 0 Å². The molecule has 1 aromatic carbocycles. The summed E-state index contributed by atoms with van der Waals surface area (Å²) in [6.07, 6.45) is -0.620. The average Bonchev–Trinajstić information content (AvgIpc) is 2.42. The molecule has 0 aromatic heterocycles. The van der Waals surface area contributed by atoms with Crippen LogP contribution >= 0.6 is 0 Å². The number of hydrogen-bond donors (Lipinski definition) is 2. The molecule has 0 aliphatic heterocycles. The van der Waals surface area contributed by atoms with Gasteiger partial charge in [-0.2, -0.15) is 0 Å². The van der Waals surface area contributed by atoms with Gasteiger partial charge in [0.2, 0.25) is 5.91 Å². The fourth-order valence-electron chi connectivity index (χ4n) is 1.50. The topological polar surface area (TPSA) is 67.4 Å². The maximum absolute atomic E-state index is 11.8. The Bertz CT molecular complexity index is 565. The Kier molecular flexibility index (Phi) is 6.46. The summed E-state index contributed by atoms with van der Waals surface area (Å²) >= 11 is 0. The van der Waals surface area contributed by atoms with Crippen LogP contribution in [0.1, 0.15) is 33.3 Å². The van der Waals surface area contributed by atoms with Gasteiger partial charge in [-0.25, -0.2) is 4.79 Å². The van der Waals surface area contributed by atoms with Crippen molar-refractivity contribution < 1.29 is 14.3 Å². The quantitative estimate of drug-likeness (QED) is 0.840. The Morgan fingerprint density at radius 2 is 1.86 bits per heavy atom. The van der Waals surface area contributed by atoms with Gasteiger partial charge < -0.3 is 15.4 Å². The highest BCUT2D eigenvalue weighted by atomic mass is 16.6. The van der Waals surface area contributed by atoms with Crippen molar-refractivity contribution in [3.63, 3.8) is 0 Å². The zero-order valence-electron chi connectivity index (χ0n) is 13.4. The first-order chi connectivity index (χ1) is 10.3. The van der Waals surface area contributed by atoms with E-state index in [0.29, 0.717) is 0 Å². The van der Waals surface area contributed by atoms with Crippen molar-refractivity contribution in [2.24, 2.45) is 0 Å². The first-order valence-corrected chi connectivity index (χ1v) is 7.09. The molecular weight excluding hydrogens is 280 g/mol. The van der Waals surface area contributed by atoms with Crippen molar-refractivity contribution in [1.82, 2.24) is 10.6 Å². The molecule has 0 heterocycles. The molecule has 0 fully saturated rings. The normalized spacial score (nSPS) is 11.6. The van der Waals surface area contributed by atoms with Gasteiger partial charge in [0.05, 0.1) is 6.54 Å². The van der Waals surface area contributed by atoms with E-state index in [1.807, 2.05) is 30.3 Å². The Balaban J connectivity index is 2.36. The van der Waals surface area contributed by atoms with E-state index in [1.54, 1.807) is 27.7 Å². The minimum Gasteiger partial charge on any atom is -0.444 e. The van der Waals surface area contributed by atoms with E-state index in [9.17, 15) is 9.59 Å². The third kappa shape index (κ3) is 7.34. The van der Waals surface area contributed by atoms with Crippen molar-refractivity contribution in [3.8, 4) is 11.8 Å². The zero-order valence-corrected chi connectivity index (χ0v) is 13.4. The fraction of sp³-hybridized carbons (Fsp3) is 0.412. The molecule has 0 aliphatic carbocycles. The van der Waals surface area contributed by atoms with Crippen molar-refractivity contribution >= 4 is 12.0 Å². The van der Waals surface area contributed by atoms with Crippen molar-refractivity contribution in [1.29, 1.82) is 0 Å². The first kappa shape index (κ1) is 17.6. The van der Waals surface area contributed by atoms with Crippen LogP contribution in [0, 0.1) is 11.8 Å². The molecule has 5 heteroatoms. The maximum Gasteiger partial charge on any atom is 0.408 e. The van der Waals surface area contributed by atoms with E-state index in [0.717, 1.165) is 5.56 Å². The molecule has 1 aromatic rings. The van der Waals surface area contributed by atoms with Crippen molar-refractivity contribution in [3.05, 3.63) is 35.9 Å². The molecule has 0 saturated heterocycles. The largest absolute Gasteiger partial charge is 0.444 e. The molecule has 1 atom stereocenters. The summed E-state index contributed by atoms with van der Waals surface area (Å²) in [5.74, 6) is 5.48. The second kappa shape index (κ2) is 8.08. The second-order valence-corrected chi connectivity index (χ2v) is 5.75. The highest BCUT2D eigenvalue weighted by molar-refractivity contribution is 5.85. The van der Waals surface area contributed by atoms with E-state index < -0.39 is 17.7 Å². The monoisotopic (exact) mass is 302 g/mol. The van der Waals surface area contributed by atoms with E-state index in [-0.39, 0.29) is 12.5 Å². The Morgan fingerprint density at radius 1 is 1.23 bits per heavy atom. The molecule has 0 radical (unpaired) electrons. The van der Waals surface area contributed by atoms with Crippen molar-refractivity contribution in [2.45, 2.75) is 39.3 Å². The summed E-state index contributed by atoms with van der Waals surface area (Å²) in [5.41, 5.74) is 0.290. The number of amides is 2. The van der Waals surface area contributed by atoms with E-state index in [2.05, 4.69) is 22.5 Å². The van der Waals surface area contributed by atoms with Gasteiger partial charge in [-0.05, 0) is 39.8 Å². The zero-order chi connectivity index (χ0) is 16.6. The third-order valence-corrected chi connectivity index (χ3v) is 2.48. The van der Waals surface area contributed by atoms with Crippen LogP contribution in [0.3, 0.4) is 0 Å². The molecule has 1 rings (SSSR count). The number of hydrogen-bond acceptors (Lipinski definition) is 3. The van der Waals surface area contributed by atoms with Crippen molar-refractivity contribution in [2.75, 3.05) is 6.54 Å². The smallest absolute Gasteiger partial charge is 0.408 e. The SMILES string of the molecule is C[C@@H](NC(=O)OC(C)(C)C)C(=O)NCC#Cc1ccccc1. The van der Waals surface area contributed by atoms with Gasteiger partial charge in [-0.3, -0.25) is 4.79 Å². The third-order valence-electron chi connectivity index (χ3n) is 2.48. The number of rotatable bonds is 3. The van der Waals surface area contributed by atoms with Gasteiger partial charge in [-0.15, -0.1) is 0 Å². The van der Waals surface area contributed by atoms with Gasteiger partial charge in [0, 0.05) is 5.56 Å². The molecule has 2 N–H and O–H groups in total. The lowest BCUT2D eigenvalue weighted by Gasteiger charge is -2.21. The lowest BCUT2D eigenvalue weighted by molar-refractivity contribution is -0.122. The molecule has 118 valence electrons. The number of nitrogens with one attached hydrogen (secondary N) is 2. The van der Waals surface area contributed by atoms with E-state index in [1.165, 1.54) is 0 Å². The van der Waals surface area contributed by atoms with Gasteiger partial charge in [-0.1, -0.05) is 30.0 Å². The average molecular weight is 302 g/mol. The number of ether oxygens (including phenoxy) is 1. The molecule has 2 amide bonds. The standard InChI is InChI=1S/C17H22N2O3/c1-13(19-16(21)22-17(2,3)4)15(20)18-12-8-11-14-9-6-5-7-10-14/h5-7,9-10,13H,12H2,1-4H3,(H,18,20)(H,19,21)/t13-/m1/s1. The molecule has 22 heavy (non-hydrogen) atoms. The summed E-state index contributed by atoms with van der Waals surface area (Å²) in [5, 5.41) is 5.11. The lowest BCUT2D eigenvalue weighted by Crippen LogP contribution is -2.46. The summed E-state index contributed by atoms with van der Waals surface area (Å²) in [6, 6.07) is 8.80. The van der Waals surface area contributed by atoms with Crippen LogP contribution in [-0.4, -0.2) is 30.2 Å². The molecular formula is C17H22N2O3. The van der Waals surface area contributed by atoms with Gasteiger partial charge in [0.25, 0.3) is 0 Å². The highest BCUT2D eigenvalue weighted by Crippen LogP contribution is 2.06. The molecule has 0 bridgehead atoms. The Hall–Kier alpha value is -2.48. The lowest BCUT2D eigenvalue weighted by atomic mass is 10.2. The summed E-state index contributed by atoms with van der Waals surface area (Å²) in [7, 11) is 0. The van der Waals surface area contributed by atoms with Gasteiger partial charge in [0.1, 0.15) is 11.6 Å². The Labute approximate surface area is 131 Å². The molecule has 0 aliphatic rings.